The van der Waals surface area contributed by atoms with E-state index < -0.39 is 0 Å². The number of nitrogens with zero attached hydrogens (tertiary/aromatic N) is 3. The van der Waals surface area contributed by atoms with E-state index in [1.807, 2.05) is 0 Å². The quantitative estimate of drug-likeness (QED) is 0.798. The number of rotatable bonds is 3. The molecule has 1 aromatic rings. The first-order valence-corrected chi connectivity index (χ1v) is 6.40. The summed E-state index contributed by atoms with van der Waals surface area (Å²) in [6.07, 6.45) is 2.08. The number of morpholine rings is 1. The van der Waals surface area contributed by atoms with Gasteiger partial charge in [-0.05, 0) is 6.07 Å². The highest BCUT2D eigenvalue weighted by Crippen LogP contribution is 2.19. The van der Waals surface area contributed by atoms with Crippen LogP contribution in [0.5, 0.6) is 0 Å². The fourth-order valence-electron chi connectivity index (χ4n) is 1.95. The van der Waals surface area contributed by atoms with Gasteiger partial charge in [-0.3, -0.25) is 9.58 Å². The first kappa shape index (κ1) is 12.6. The molecule has 0 saturated carbocycles. The van der Waals surface area contributed by atoms with Gasteiger partial charge in [0.2, 0.25) is 0 Å². The first-order valence-electron chi connectivity index (χ1n) is 6.40. The molecule has 0 unspecified atom stereocenters. The zero-order chi connectivity index (χ0) is 12.3. The molecule has 1 aromatic heterocycles. The minimum absolute atomic E-state index is 0.143. The molecule has 1 aliphatic heterocycles. The van der Waals surface area contributed by atoms with E-state index in [0.29, 0.717) is 0 Å². The predicted molar refractivity (Wildman–Crippen MR) is 68.2 cm³/mol. The van der Waals surface area contributed by atoms with Crippen LogP contribution in [0.1, 0.15) is 26.5 Å². The van der Waals surface area contributed by atoms with E-state index in [0.717, 1.165) is 39.4 Å². The summed E-state index contributed by atoms with van der Waals surface area (Å²) in [4.78, 5) is 2.43. The lowest BCUT2D eigenvalue weighted by Crippen LogP contribution is -2.38. The Hall–Kier alpha value is -0.870. The third-order valence-electron chi connectivity index (χ3n) is 3.16. The average molecular weight is 237 g/mol. The molecule has 1 aliphatic rings. The van der Waals surface area contributed by atoms with Gasteiger partial charge in [0.25, 0.3) is 0 Å². The topological polar surface area (TPSA) is 30.3 Å². The van der Waals surface area contributed by atoms with Gasteiger partial charge in [0.05, 0.1) is 25.5 Å². The summed E-state index contributed by atoms with van der Waals surface area (Å²) < 4.78 is 7.39. The molecule has 0 aromatic carbocycles. The lowest BCUT2D eigenvalue weighted by molar-refractivity contribution is 0.0359. The minimum Gasteiger partial charge on any atom is -0.379 e. The van der Waals surface area contributed by atoms with Crippen LogP contribution in [0.25, 0.3) is 0 Å². The molecule has 0 bridgehead atoms. The minimum atomic E-state index is 0.143. The highest BCUT2D eigenvalue weighted by molar-refractivity contribution is 5.10. The SMILES string of the molecule is CC(C)(C)c1ccn(CCN2CCOCC2)n1. The van der Waals surface area contributed by atoms with Gasteiger partial charge in [-0.2, -0.15) is 5.10 Å². The standard InChI is InChI=1S/C13H23N3O/c1-13(2,3)12-4-5-16(14-12)7-6-15-8-10-17-11-9-15/h4-5H,6-11H2,1-3H3. The third-order valence-corrected chi connectivity index (χ3v) is 3.16. The summed E-state index contributed by atoms with van der Waals surface area (Å²) in [6, 6.07) is 2.12. The Morgan fingerprint density at radius 3 is 2.53 bits per heavy atom. The molecular formula is C13H23N3O. The second-order valence-electron chi connectivity index (χ2n) is 5.67. The molecule has 4 heteroatoms. The lowest BCUT2D eigenvalue weighted by Gasteiger charge is -2.26. The normalized spacial score (nSPS) is 18.5. The van der Waals surface area contributed by atoms with Gasteiger partial charge < -0.3 is 4.74 Å². The van der Waals surface area contributed by atoms with Crippen LogP contribution in [0.2, 0.25) is 0 Å². The Morgan fingerprint density at radius 1 is 1.24 bits per heavy atom. The fourth-order valence-corrected chi connectivity index (χ4v) is 1.95. The van der Waals surface area contributed by atoms with Crippen LogP contribution >= 0.6 is 0 Å². The number of ether oxygens (including phenoxy) is 1. The van der Waals surface area contributed by atoms with Gasteiger partial charge in [-0.25, -0.2) is 0 Å². The largest absolute Gasteiger partial charge is 0.379 e. The Kier molecular flexibility index (Phi) is 3.84. The van der Waals surface area contributed by atoms with Crippen LogP contribution in [-0.4, -0.2) is 47.5 Å². The van der Waals surface area contributed by atoms with E-state index in [9.17, 15) is 0 Å². The van der Waals surface area contributed by atoms with E-state index in [-0.39, 0.29) is 5.41 Å². The van der Waals surface area contributed by atoms with E-state index in [4.69, 9.17) is 4.74 Å². The van der Waals surface area contributed by atoms with Crippen LogP contribution in [0.3, 0.4) is 0 Å². The van der Waals surface area contributed by atoms with Crippen molar-refractivity contribution in [2.45, 2.75) is 32.7 Å². The van der Waals surface area contributed by atoms with Crippen molar-refractivity contribution >= 4 is 0 Å². The van der Waals surface area contributed by atoms with Gasteiger partial charge in [-0.15, -0.1) is 0 Å². The zero-order valence-electron chi connectivity index (χ0n) is 11.1. The molecule has 1 saturated heterocycles. The van der Waals surface area contributed by atoms with Crippen LogP contribution in [0, 0.1) is 0 Å². The van der Waals surface area contributed by atoms with Gasteiger partial charge in [0, 0.05) is 31.2 Å². The van der Waals surface area contributed by atoms with Crippen molar-refractivity contribution in [2.75, 3.05) is 32.8 Å². The smallest absolute Gasteiger partial charge is 0.0677 e. The summed E-state index contributed by atoms with van der Waals surface area (Å²) in [7, 11) is 0. The molecule has 96 valence electrons. The van der Waals surface area contributed by atoms with Crippen molar-refractivity contribution in [2.24, 2.45) is 0 Å². The van der Waals surface area contributed by atoms with Crippen LogP contribution in [-0.2, 0) is 16.7 Å². The average Bonchev–Trinajstić information content (AvgIpc) is 2.76. The summed E-state index contributed by atoms with van der Waals surface area (Å²) in [5, 5.41) is 4.62. The summed E-state index contributed by atoms with van der Waals surface area (Å²) in [5.74, 6) is 0. The Bertz CT molecular complexity index is 348. The molecule has 4 nitrogen and oxygen atoms in total. The summed E-state index contributed by atoms with van der Waals surface area (Å²) in [5.41, 5.74) is 1.31. The number of aromatic nitrogens is 2. The fraction of sp³-hybridized carbons (Fsp3) is 0.769. The molecule has 2 rings (SSSR count). The Balaban J connectivity index is 1.84. The van der Waals surface area contributed by atoms with E-state index >= 15 is 0 Å². The monoisotopic (exact) mass is 237 g/mol. The third kappa shape index (κ3) is 3.54. The second-order valence-corrected chi connectivity index (χ2v) is 5.67. The Labute approximate surface area is 104 Å². The maximum atomic E-state index is 5.34. The van der Waals surface area contributed by atoms with E-state index in [1.54, 1.807) is 0 Å². The molecule has 0 amide bonds. The number of hydrogen-bond donors (Lipinski definition) is 0. The lowest BCUT2D eigenvalue weighted by atomic mass is 9.93. The van der Waals surface area contributed by atoms with Gasteiger partial charge >= 0.3 is 0 Å². The van der Waals surface area contributed by atoms with Crippen molar-refractivity contribution < 1.29 is 4.74 Å². The van der Waals surface area contributed by atoms with E-state index in [1.165, 1.54) is 5.69 Å². The van der Waals surface area contributed by atoms with Crippen LogP contribution in [0.15, 0.2) is 12.3 Å². The van der Waals surface area contributed by atoms with Crippen molar-refractivity contribution in [1.82, 2.24) is 14.7 Å². The molecule has 0 radical (unpaired) electrons. The van der Waals surface area contributed by atoms with Gasteiger partial charge in [0.15, 0.2) is 0 Å². The van der Waals surface area contributed by atoms with Crippen LogP contribution < -0.4 is 0 Å². The summed E-state index contributed by atoms with van der Waals surface area (Å²) >= 11 is 0. The van der Waals surface area contributed by atoms with Gasteiger partial charge in [-0.1, -0.05) is 20.8 Å². The molecule has 0 N–H and O–H groups in total. The summed E-state index contributed by atoms with van der Waals surface area (Å²) in [6.45, 7) is 12.5. The molecule has 1 fully saturated rings. The van der Waals surface area contributed by atoms with Crippen molar-refractivity contribution in [1.29, 1.82) is 0 Å². The maximum Gasteiger partial charge on any atom is 0.0677 e. The maximum absolute atomic E-state index is 5.34. The highest BCUT2D eigenvalue weighted by atomic mass is 16.5. The second kappa shape index (κ2) is 5.19. The molecular weight excluding hydrogens is 214 g/mol. The molecule has 2 heterocycles. The van der Waals surface area contributed by atoms with Crippen molar-refractivity contribution in [3.8, 4) is 0 Å². The molecule has 0 atom stereocenters. The van der Waals surface area contributed by atoms with Crippen molar-refractivity contribution in [3.05, 3.63) is 18.0 Å². The molecule has 0 spiro atoms. The van der Waals surface area contributed by atoms with Crippen LogP contribution in [0.4, 0.5) is 0 Å². The van der Waals surface area contributed by atoms with E-state index in [2.05, 4.69) is 47.7 Å². The Morgan fingerprint density at radius 2 is 1.94 bits per heavy atom. The highest BCUT2D eigenvalue weighted by Gasteiger charge is 2.17. The zero-order valence-corrected chi connectivity index (χ0v) is 11.1. The predicted octanol–water partition coefficient (Wildman–Crippen LogP) is 1.51. The molecule has 0 aliphatic carbocycles. The first-order chi connectivity index (χ1) is 8.05. The van der Waals surface area contributed by atoms with Crippen molar-refractivity contribution in [3.63, 3.8) is 0 Å². The molecule has 17 heavy (non-hydrogen) atoms. The number of hydrogen-bond acceptors (Lipinski definition) is 3. The van der Waals surface area contributed by atoms with Gasteiger partial charge in [0.1, 0.15) is 0 Å².